The van der Waals surface area contributed by atoms with E-state index in [0.29, 0.717) is 24.5 Å². The molecule has 4 rings (SSSR count). The van der Waals surface area contributed by atoms with Crippen LogP contribution in [0.1, 0.15) is 53.6 Å². The summed E-state index contributed by atoms with van der Waals surface area (Å²) in [7, 11) is 0. The van der Waals surface area contributed by atoms with Crippen molar-refractivity contribution in [2.24, 2.45) is 5.92 Å². The van der Waals surface area contributed by atoms with Gasteiger partial charge in [-0.3, -0.25) is 9.59 Å². The number of carbonyl (C=O) groups is 2. The number of nitrogens with one attached hydrogen (secondary N) is 1. The van der Waals surface area contributed by atoms with Gasteiger partial charge in [0.05, 0.1) is 17.8 Å². The normalized spacial score (nSPS) is 19.2. The van der Waals surface area contributed by atoms with Gasteiger partial charge in [0, 0.05) is 31.7 Å². The molecule has 2 aliphatic heterocycles. The van der Waals surface area contributed by atoms with Crippen molar-refractivity contribution in [2.75, 3.05) is 36.4 Å². The van der Waals surface area contributed by atoms with Crippen molar-refractivity contribution in [3.8, 4) is 0 Å². The standard InChI is InChI=1S/C25H32N4O2/c1-18-13-19(2)15-21(14-18)25(31)29-12-6-7-20(17-29)24(30)27-23-9-8-22(16-26-23)28-10-4-3-5-11-28/h8-9,13-16,20H,3-7,10-12,17H2,1-2H3,(H,26,27,30). The molecule has 2 aromatic rings. The number of carbonyl (C=O) groups excluding carboxylic acids is 2. The molecule has 2 saturated heterocycles. The lowest BCUT2D eigenvalue weighted by molar-refractivity contribution is -0.121. The van der Waals surface area contributed by atoms with Gasteiger partial charge in [-0.05, 0) is 70.2 Å². The molecule has 6 heteroatoms. The summed E-state index contributed by atoms with van der Waals surface area (Å²) < 4.78 is 0. The molecule has 3 heterocycles. The Morgan fingerprint density at radius 3 is 2.39 bits per heavy atom. The number of amides is 2. The molecule has 0 bridgehead atoms. The van der Waals surface area contributed by atoms with E-state index < -0.39 is 0 Å². The fraction of sp³-hybridized carbons (Fsp3) is 0.480. The van der Waals surface area contributed by atoms with Crippen molar-refractivity contribution in [2.45, 2.75) is 46.0 Å². The maximum atomic E-state index is 13.0. The predicted molar refractivity (Wildman–Crippen MR) is 123 cm³/mol. The van der Waals surface area contributed by atoms with E-state index in [0.717, 1.165) is 42.7 Å². The van der Waals surface area contributed by atoms with Gasteiger partial charge in [-0.25, -0.2) is 4.98 Å². The highest BCUT2D eigenvalue weighted by Crippen LogP contribution is 2.23. The molecule has 0 radical (unpaired) electrons. The lowest BCUT2D eigenvalue weighted by Gasteiger charge is -2.32. The van der Waals surface area contributed by atoms with Crippen LogP contribution in [0.4, 0.5) is 11.5 Å². The maximum Gasteiger partial charge on any atom is 0.253 e. The van der Waals surface area contributed by atoms with Crippen molar-refractivity contribution in [1.82, 2.24) is 9.88 Å². The van der Waals surface area contributed by atoms with E-state index in [1.807, 2.05) is 49.2 Å². The number of likely N-dealkylation sites (tertiary alicyclic amines) is 1. The second-order valence-electron chi connectivity index (χ2n) is 8.91. The van der Waals surface area contributed by atoms with Crippen LogP contribution in [0.2, 0.25) is 0 Å². The minimum absolute atomic E-state index is 0.00769. The Bertz CT molecular complexity index is 915. The number of anilines is 2. The number of piperidine rings is 2. The van der Waals surface area contributed by atoms with E-state index in [-0.39, 0.29) is 17.7 Å². The second-order valence-corrected chi connectivity index (χ2v) is 8.91. The minimum atomic E-state index is -0.216. The predicted octanol–water partition coefficient (Wildman–Crippen LogP) is 4.18. The number of nitrogens with zero attached hydrogens (tertiary/aromatic N) is 3. The first-order chi connectivity index (χ1) is 15.0. The Morgan fingerprint density at radius 1 is 0.968 bits per heavy atom. The summed E-state index contributed by atoms with van der Waals surface area (Å²) in [5.74, 6) is 0.306. The van der Waals surface area contributed by atoms with E-state index in [1.54, 1.807) is 0 Å². The number of aromatic nitrogens is 1. The Labute approximate surface area is 184 Å². The number of benzene rings is 1. The van der Waals surface area contributed by atoms with Crippen LogP contribution in [0.5, 0.6) is 0 Å². The van der Waals surface area contributed by atoms with Gasteiger partial charge in [0.2, 0.25) is 5.91 Å². The summed E-state index contributed by atoms with van der Waals surface area (Å²) in [4.78, 5) is 34.5. The molecule has 164 valence electrons. The summed E-state index contributed by atoms with van der Waals surface area (Å²) in [6.07, 6.45) is 7.19. The van der Waals surface area contributed by atoms with Crippen molar-refractivity contribution in [3.05, 3.63) is 53.2 Å². The lowest BCUT2D eigenvalue weighted by Crippen LogP contribution is -2.43. The molecule has 1 unspecified atom stereocenters. The van der Waals surface area contributed by atoms with E-state index in [1.165, 1.54) is 19.3 Å². The molecule has 1 aromatic carbocycles. The number of aryl methyl sites for hydroxylation is 2. The summed E-state index contributed by atoms with van der Waals surface area (Å²) in [5.41, 5.74) is 3.97. The average molecular weight is 421 g/mol. The maximum absolute atomic E-state index is 13.0. The molecule has 0 spiro atoms. The fourth-order valence-corrected chi connectivity index (χ4v) is 4.68. The zero-order valence-electron chi connectivity index (χ0n) is 18.6. The first kappa shape index (κ1) is 21.3. The SMILES string of the molecule is Cc1cc(C)cc(C(=O)N2CCCC(C(=O)Nc3ccc(N4CCCCC4)cn3)C2)c1. The molecule has 0 saturated carbocycles. The zero-order chi connectivity index (χ0) is 21.8. The summed E-state index contributed by atoms with van der Waals surface area (Å²) in [6, 6.07) is 9.82. The molecule has 0 aliphatic carbocycles. The van der Waals surface area contributed by atoms with Crippen molar-refractivity contribution in [3.63, 3.8) is 0 Å². The third-order valence-electron chi connectivity index (χ3n) is 6.27. The third-order valence-corrected chi connectivity index (χ3v) is 6.27. The van der Waals surface area contributed by atoms with Crippen molar-refractivity contribution >= 4 is 23.3 Å². The Balaban J connectivity index is 1.36. The van der Waals surface area contributed by atoms with Gasteiger partial charge in [0.1, 0.15) is 5.82 Å². The highest BCUT2D eigenvalue weighted by Gasteiger charge is 2.29. The molecule has 2 amide bonds. The number of hydrogen-bond acceptors (Lipinski definition) is 4. The molecule has 1 N–H and O–H groups in total. The van der Waals surface area contributed by atoms with Crippen LogP contribution in [-0.2, 0) is 4.79 Å². The molecule has 6 nitrogen and oxygen atoms in total. The van der Waals surface area contributed by atoms with Crippen LogP contribution in [0, 0.1) is 19.8 Å². The minimum Gasteiger partial charge on any atom is -0.370 e. The molecule has 31 heavy (non-hydrogen) atoms. The first-order valence-corrected chi connectivity index (χ1v) is 11.4. The number of hydrogen-bond donors (Lipinski definition) is 1. The molecule has 1 aromatic heterocycles. The molecule has 1 atom stereocenters. The van der Waals surface area contributed by atoms with Gasteiger partial charge in [-0.1, -0.05) is 17.2 Å². The summed E-state index contributed by atoms with van der Waals surface area (Å²) in [5, 5.41) is 2.95. The zero-order valence-corrected chi connectivity index (χ0v) is 18.6. The van der Waals surface area contributed by atoms with Crippen molar-refractivity contribution < 1.29 is 9.59 Å². The topological polar surface area (TPSA) is 65.5 Å². The quantitative estimate of drug-likeness (QED) is 0.806. The van der Waals surface area contributed by atoms with Crippen LogP contribution in [0.15, 0.2) is 36.5 Å². The average Bonchev–Trinajstić information content (AvgIpc) is 2.79. The van der Waals surface area contributed by atoms with Crippen LogP contribution in [0.25, 0.3) is 0 Å². The van der Waals surface area contributed by atoms with Crippen LogP contribution >= 0.6 is 0 Å². The van der Waals surface area contributed by atoms with E-state index >= 15 is 0 Å². The molecule has 2 fully saturated rings. The largest absolute Gasteiger partial charge is 0.370 e. The van der Waals surface area contributed by atoms with Gasteiger partial charge >= 0.3 is 0 Å². The number of rotatable bonds is 4. The number of pyridine rings is 1. The van der Waals surface area contributed by atoms with E-state index in [9.17, 15) is 9.59 Å². The highest BCUT2D eigenvalue weighted by molar-refractivity contribution is 5.96. The Kier molecular flexibility index (Phi) is 6.54. The first-order valence-electron chi connectivity index (χ1n) is 11.4. The molecular formula is C25H32N4O2. The monoisotopic (exact) mass is 420 g/mol. The highest BCUT2D eigenvalue weighted by atomic mass is 16.2. The summed E-state index contributed by atoms with van der Waals surface area (Å²) in [6.45, 7) is 7.28. The van der Waals surface area contributed by atoms with Crippen LogP contribution in [-0.4, -0.2) is 47.9 Å². The Hall–Kier alpha value is -2.89. The van der Waals surface area contributed by atoms with Crippen LogP contribution < -0.4 is 10.2 Å². The van der Waals surface area contributed by atoms with Gasteiger partial charge in [0.25, 0.3) is 5.91 Å². The van der Waals surface area contributed by atoms with E-state index in [4.69, 9.17) is 0 Å². The van der Waals surface area contributed by atoms with Gasteiger partial charge in [0.15, 0.2) is 0 Å². The van der Waals surface area contributed by atoms with Crippen molar-refractivity contribution in [1.29, 1.82) is 0 Å². The summed E-state index contributed by atoms with van der Waals surface area (Å²) >= 11 is 0. The van der Waals surface area contributed by atoms with Gasteiger partial charge in [-0.15, -0.1) is 0 Å². The lowest BCUT2D eigenvalue weighted by atomic mass is 9.96. The van der Waals surface area contributed by atoms with Gasteiger partial charge < -0.3 is 15.1 Å². The van der Waals surface area contributed by atoms with E-state index in [2.05, 4.69) is 21.3 Å². The van der Waals surface area contributed by atoms with Gasteiger partial charge in [-0.2, -0.15) is 0 Å². The smallest absolute Gasteiger partial charge is 0.253 e. The van der Waals surface area contributed by atoms with Crippen LogP contribution in [0.3, 0.4) is 0 Å². The molecule has 2 aliphatic rings. The second kappa shape index (κ2) is 9.50. The fourth-order valence-electron chi connectivity index (χ4n) is 4.68. The Morgan fingerprint density at radius 2 is 1.71 bits per heavy atom. The molecular weight excluding hydrogens is 388 g/mol. The third kappa shape index (κ3) is 5.24.